The molecule has 4 nitrogen and oxygen atoms in total. The maximum Gasteiger partial charge on any atom is 0.151 e. The Labute approximate surface area is 109 Å². The zero-order chi connectivity index (χ0) is 13.0. The number of nitrogens with zero attached hydrogens (tertiary/aromatic N) is 3. The van der Waals surface area contributed by atoms with Crippen molar-refractivity contribution in [1.82, 2.24) is 10.2 Å². The van der Waals surface area contributed by atoms with E-state index in [-0.39, 0.29) is 6.61 Å². The minimum Gasteiger partial charge on any atom is -0.390 e. The molecule has 0 aromatic carbocycles. The Hall–Kier alpha value is -1.16. The third-order valence-electron chi connectivity index (χ3n) is 3.91. The van der Waals surface area contributed by atoms with E-state index < -0.39 is 0 Å². The second kappa shape index (κ2) is 6.14. The van der Waals surface area contributed by atoms with Gasteiger partial charge in [-0.1, -0.05) is 13.8 Å². The molecule has 0 radical (unpaired) electrons. The number of hydrogen-bond donors (Lipinski definition) is 1. The number of aliphatic hydroxyl groups is 1. The van der Waals surface area contributed by atoms with Crippen LogP contribution in [0, 0.1) is 11.8 Å². The molecule has 0 spiro atoms. The van der Waals surface area contributed by atoms with Crippen LogP contribution in [0.5, 0.6) is 0 Å². The molecule has 1 aliphatic rings. The molecular formula is C14H23N3O. The van der Waals surface area contributed by atoms with Crippen molar-refractivity contribution in [3.8, 4) is 0 Å². The van der Waals surface area contributed by atoms with Gasteiger partial charge in [0.2, 0.25) is 0 Å². The molecule has 1 saturated heterocycles. The summed E-state index contributed by atoms with van der Waals surface area (Å²) in [7, 11) is 0. The number of anilines is 1. The Morgan fingerprint density at radius 3 is 2.72 bits per heavy atom. The van der Waals surface area contributed by atoms with E-state index in [9.17, 15) is 0 Å². The first-order valence-corrected chi connectivity index (χ1v) is 6.89. The fourth-order valence-electron chi connectivity index (χ4n) is 2.62. The summed E-state index contributed by atoms with van der Waals surface area (Å²) < 4.78 is 0. The van der Waals surface area contributed by atoms with Crippen molar-refractivity contribution in [3.05, 3.63) is 17.8 Å². The molecule has 0 amide bonds. The Morgan fingerprint density at radius 2 is 2.11 bits per heavy atom. The van der Waals surface area contributed by atoms with E-state index in [1.807, 2.05) is 12.1 Å². The van der Waals surface area contributed by atoms with Gasteiger partial charge in [0.15, 0.2) is 5.82 Å². The van der Waals surface area contributed by atoms with Crippen LogP contribution >= 0.6 is 0 Å². The highest BCUT2D eigenvalue weighted by Gasteiger charge is 2.20. The van der Waals surface area contributed by atoms with E-state index in [2.05, 4.69) is 28.9 Å². The summed E-state index contributed by atoms with van der Waals surface area (Å²) in [5, 5.41) is 17.2. The van der Waals surface area contributed by atoms with Crippen molar-refractivity contribution in [1.29, 1.82) is 0 Å². The van der Waals surface area contributed by atoms with Gasteiger partial charge in [-0.2, -0.15) is 5.10 Å². The van der Waals surface area contributed by atoms with Gasteiger partial charge in [-0.05, 0) is 43.2 Å². The largest absolute Gasteiger partial charge is 0.390 e. The van der Waals surface area contributed by atoms with E-state index in [0.29, 0.717) is 5.69 Å². The van der Waals surface area contributed by atoms with Gasteiger partial charge in [-0.3, -0.25) is 0 Å². The third kappa shape index (κ3) is 3.19. The van der Waals surface area contributed by atoms with Gasteiger partial charge < -0.3 is 10.0 Å². The molecule has 2 heterocycles. The van der Waals surface area contributed by atoms with Crippen LogP contribution in [0.4, 0.5) is 5.82 Å². The third-order valence-corrected chi connectivity index (χ3v) is 3.91. The van der Waals surface area contributed by atoms with Crippen molar-refractivity contribution in [2.24, 2.45) is 11.8 Å². The van der Waals surface area contributed by atoms with Crippen LogP contribution < -0.4 is 4.90 Å². The van der Waals surface area contributed by atoms with Crippen LogP contribution in [0.25, 0.3) is 0 Å². The molecule has 2 rings (SSSR count). The zero-order valence-electron chi connectivity index (χ0n) is 11.3. The SMILES string of the molecule is CC(C)C1CCCN(c2ccc(CO)nn2)CC1. The Morgan fingerprint density at radius 1 is 1.28 bits per heavy atom. The summed E-state index contributed by atoms with van der Waals surface area (Å²) in [5.74, 6) is 2.55. The minimum atomic E-state index is -0.0390. The molecule has 0 aliphatic carbocycles. The van der Waals surface area contributed by atoms with Gasteiger partial charge in [0, 0.05) is 13.1 Å². The lowest BCUT2D eigenvalue weighted by molar-refractivity contribution is 0.275. The molecular weight excluding hydrogens is 226 g/mol. The number of aromatic nitrogens is 2. The Balaban J connectivity index is 2.00. The van der Waals surface area contributed by atoms with Gasteiger partial charge in [0.1, 0.15) is 0 Å². The van der Waals surface area contributed by atoms with Crippen LogP contribution in [-0.2, 0) is 6.61 Å². The van der Waals surface area contributed by atoms with Crippen molar-refractivity contribution >= 4 is 5.82 Å². The number of aliphatic hydroxyl groups excluding tert-OH is 1. The van der Waals surface area contributed by atoms with E-state index in [4.69, 9.17) is 5.11 Å². The van der Waals surface area contributed by atoms with Gasteiger partial charge in [0.05, 0.1) is 12.3 Å². The lowest BCUT2D eigenvalue weighted by Crippen LogP contribution is -2.25. The highest BCUT2D eigenvalue weighted by molar-refractivity contribution is 5.37. The quantitative estimate of drug-likeness (QED) is 0.892. The summed E-state index contributed by atoms with van der Waals surface area (Å²) in [6, 6.07) is 3.82. The van der Waals surface area contributed by atoms with E-state index in [0.717, 1.165) is 30.7 Å². The standard InChI is InChI=1S/C14H23N3O/c1-11(2)12-4-3-8-17(9-7-12)14-6-5-13(10-18)15-16-14/h5-6,11-12,18H,3-4,7-10H2,1-2H3. The predicted molar refractivity (Wildman–Crippen MR) is 72.3 cm³/mol. The van der Waals surface area contributed by atoms with E-state index in [1.165, 1.54) is 19.3 Å². The van der Waals surface area contributed by atoms with Crippen LogP contribution in [-0.4, -0.2) is 28.4 Å². The summed E-state index contributed by atoms with van der Waals surface area (Å²) in [6.45, 7) is 6.72. The van der Waals surface area contributed by atoms with Crippen LogP contribution in [0.2, 0.25) is 0 Å². The molecule has 4 heteroatoms. The average molecular weight is 249 g/mol. The number of rotatable bonds is 3. The van der Waals surface area contributed by atoms with Crippen molar-refractivity contribution < 1.29 is 5.11 Å². The van der Waals surface area contributed by atoms with Crippen molar-refractivity contribution in [2.45, 2.75) is 39.7 Å². The fraction of sp³-hybridized carbons (Fsp3) is 0.714. The molecule has 1 aromatic heterocycles. The Kier molecular flexibility index (Phi) is 4.53. The lowest BCUT2D eigenvalue weighted by Gasteiger charge is -2.22. The van der Waals surface area contributed by atoms with E-state index >= 15 is 0 Å². The van der Waals surface area contributed by atoms with Crippen molar-refractivity contribution in [2.75, 3.05) is 18.0 Å². The van der Waals surface area contributed by atoms with Crippen LogP contribution in [0.15, 0.2) is 12.1 Å². The summed E-state index contributed by atoms with van der Waals surface area (Å²) in [6.07, 6.45) is 3.78. The second-order valence-corrected chi connectivity index (χ2v) is 5.46. The zero-order valence-corrected chi connectivity index (χ0v) is 11.3. The predicted octanol–water partition coefficient (Wildman–Crippen LogP) is 2.23. The topological polar surface area (TPSA) is 49.2 Å². The minimum absolute atomic E-state index is 0.0390. The molecule has 0 bridgehead atoms. The molecule has 1 N–H and O–H groups in total. The first-order valence-electron chi connectivity index (χ1n) is 6.89. The summed E-state index contributed by atoms with van der Waals surface area (Å²) in [4.78, 5) is 2.32. The lowest BCUT2D eigenvalue weighted by atomic mass is 9.89. The Bertz CT molecular complexity index is 364. The van der Waals surface area contributed by atoms with Crippen LogP contribution in [0.1, 0.15) is 38.8 Å². The fourth-order valence-corrected chi connectivity index (χ4v) is 2.62. The van der Waals surface area contributed by atoms with Gasteiger partial charge in [0.25, 0.3) is 0 Å². The smallest absolute Gasteiger partial charge is 0.151 e. The summed E-state index contributed by atoms with van der Waals surface area (Å²) >= 11 is 0. The summed E-state index contributed by atoms with van der Waals surface area (Å²) in [5.41, 5.74) is 0.633. The van der Waals surface area contributed by atoms with Crippen molar-refractivity contribution in [3.63, 3.8) is 0 Å². The molecule has 18 heavy (non-hydrogen) atoms. The molecule has 0 saturated carbocycles. The highest BCUT2D eigenvalue weighted by Crippen LogP contribution is 2.26. The maximum absolute atomic E-state index is 8.96. The average Bonchev–Trinajstić information content (AvgIpc) is 2.64. The second-order valence-electron chi connectivity index (χ2n) is 5.46. The molecule has 1 aliphatic heterocycles. The first-order chi connectivity index (χ1) is 8.70. The molecule has 1 atom stereocenters. The molecule has 1 unspecified atom stereocenters. The normalized spacial score (nSPS) is 21.1. The first kappa shape index (κ1) is 13.3. The number of hydrogen-bond acceptors (Lipinski definition) is 4. The molecule has 100 valence electrons. The highest BCUT2D eigenvalue weighted by atomic mass is 16.3. The monoisotopic (exact) mass is 249 g/mol. The van der Waals surface area contributed by atoms with E-state index in [1.54, 1.807) is 0 Å². The van der Waals surface area contributed by atoms with Gasteiger partial charge >= 0.3 is 0 Å². The molecule has 1 aromatic rings. The van der Waals surface area contributed by atoms with Gasteiger partial charge in [-0.25, -0.2) is 0 Å². The van der Waals surface area contributed by atoms with Gasteiger partial charge in [-0.15, -0.1) is 5.10 Å². The van der Waals surface area contributed by atoms with Crippen LogP contribution in [0.3, 0.4) is 0 Å². The molecule has 1 fully saturated rings. The maximum atomic E-state index is 8.96.